The number of pyridine rings is 1. The summed E-state index contributed by atoms with van der Waals surface area (Å²) in [5, 5.41) is 0. The molecule has 1 aromatic heterocycles. The minimum Gasteiger partial charge on any atom is -0.475 e. The Morgan fingerprint density at radius 3 is 2.85 bits per heavy atom. The quantitative estimate of drug-likeness (QED) is 0.664. The van der Waals surface area contributed by atoms with Crippen LogP contribution in [0, 0.1) is 0 Å². The van der Waals surface area contributed by atoms with Crippen molar-refractivity contribution in [2.75, 3.05) is 0 Å². The molecule has 0 N–H and O–H groups in total. The van der Waals surface area contributed by atoms with Crippen molar-refractivity contribution in [3.8, 4) is 5.88 Å². The number of nitrogens with zero attached hydrogens (tertiary/aromatic N) is 1. The first-order valence-electron chi connectivity index (χ1n) is 4.34. The van der Waals surface area contributed by atoms with E-state index in [-0.39, 0.29) is 6.10 Å². The van der Waals surface area contributed by atoms with Gasteiger partial charge in [0.15, 0.2) is 6.29 Å². The van der Waals surface area contributed by atoms with Gasteiger partial charge in [-0.3, -0.25) is 4.79 Å². The molecule has 1 unspecified atom stereocenters. The van der Waals surface area contributed by atoms with Crippen LogP contribution >= 0.6 is 0 Å². The fourth-order valence-corrected chi connectivity index (χ4v) is 0.821. The molecule has 0 bridgehead atoms. The van der Waals surface area contributed by atoms with Crippen molar-refractivity contribution in [3.63, 3.8) is 0 Å². The highest BCUT2D eigenvalue weighted by Crippen LogP contribution is 2.09. The largest absolute Gasteiger partial charge is 0.475 e. The van der Waals surface area contributed by atoms with Crippen LogP contribution in [0.1, 0.15) is 30.6 Å². The second-order valence-electron chi connectivity index (χ2n) is 2.88. The van der Waals surface area contributed by atoms with Crippen molar-refractivity contribution in [2.45, 2.75) is 26.4 Å². The third-order valence-corrected chi connectivity index (χ3v) is 1.79. The Morgan fingerprint density at radius 2 is 2.38 bits per heavy atom. The molecule has 0 aliphatic heterocycles. The predicted molar refractivity (Wildman–Crippen MR) is 50.0 cm³/mol. The van der Waals surface area contributed by atoms with Crippen molar-refractivity contribution in [1.29, 1.82) is 0 Å². The SMILES string of the molecule is CCC(C)Oc1ccc(C=O)cn1. The lowest BCUT2D eigenvalue weighted by Gasteiger charge is -2.10. The van der Waals surface area contributed by atoms with E-state index in [0.29, 0.717) is 11.4 Å². The highest BCUT2D eigenvalue weighted by atomic mass is 16.5. The van der Waals surface area contributed by atoms with E-state index in [2.05, 4.69) is 4.98 Å². The Kier molecular flexibility index (Phi) is 3.43. The van der Waals surface area contributed by atoms with Crippen LogP contribution in [0.2, 0.25) is 0 Å². The molecule has 0 spiro atoms. The number of aldehydes is 1. The zero-order chi connectivity index (χ0) is 9.68. The standard InChI is InChI=1S/C10H13NO2/c1-3-8(2)13-10-5-4-9(7-12)6-11-10/h4-8H,3H2,1-2H3. The van der Waals surface area contributed by atoms with Gasteiger partial charge >= 0.3 is 0 Å². The van der Waals surface area contributed by atoms with E-state index in [0.717, 1.165) is 12.7 Å². The van der Waals surface area contributed by atoms with Gasteiger partial charge in [-0.1, -0.05) is 6.92 Å². The number of hydrogen-bond donors (Lipinski definition) is 0. The summed E-state index contributed by atoms with van der Waals surface area (Å²) in [6, 6.07) is 3.40. The molecule has 3 nitrogen and oxygen atoms in total. The van der Waals surface area contributed by atoms with Gasteiger partial charge in [0.25, 0.3) is 0 Å². The van der Waals surface area contributed by atoms with Crippen LogP contribution in [0.4, 0.5) is 0 Å². The number of carbonyl (C=O) groups is 1. The minimum absolute atomic E-state index is 0.162. The molecule has 0 aliphatic rings. The molecule has 0 fully saturated rings. The molecular formula is C10H13NO2. The third-order valence-electron chi connectivity index (χ3n) is 1.79. The van der Waals surface area contributed by atoms with Crippen molar-refractivity contribution in [1.82, 2.24) is 4.98 Å². The number of carbonyl (C=O) groups excluding carboxylic acids is 1. The Labute approximate surface area is 77.8 Å². The van der Waals surface area contributed by atoms with Crippen LogP contribution in [0.5, 0.6) is 5.88 Å². The van der Waals surface area contributed by atoms with Gasteiger partial charge < -0.3 is 4.74 Å². The second-order valence-corrected chi connectivity index (χ2v) is 2.88. The maximum atomic E-state index is 10.3. The summed E-state index contributed by atoms with van der Waals surface area (Å²) < 4.78 is 5.44. The number of ether oxygens (including phenoxy) is 1. The molecule has 0 saturated heterocycles. The monoisotopic (exact) mass is 179 g/mol. The first-order chi connectivity index (χ1) is 6.26. The average molecular weight is 179 g/mol. The predicted octanol–water partition coefficient (Wildman–Crippen LogP) is 2.07. The molecule has 1 rings (SSSR count). The summed E-state index contributed by atoms with van der Waals surface area (Å²) in [4.78, 5) is 14.3. The Bertz CT molecular complexity index is 269. The molecule has 1 atom stereocenters. The average Bonchev–Trinajstić information content (AvgIpc) is 2.19. The molecule has 0 radical (unpaired) electrons. The number of rotatable bonds is 4. The van der Waals surface area contributed by atoms with Crippen molar-refractivity contribution >= 4 is 6.29 Å². The minimum atomic E-state index is 0.162. The Morgan fingerprint density at radius 1 is 1.62 bits per heavy atom. The first-order valence-corrected chi connectivity index (χ1v) is 4.34. The summed E-state index contributed by atoms with van der Waals surface area (Å²) in [6.45, 7) is 4.03. The Balaban J connectivity index is 2.63. The maximum Gasteiger partial charge on any atom is 0.213 e. The van der Waals surface area contributed by atoms with Gasteiger partial charge in [0.05, 0.1) is 6.10 Å². The molecular weight excluding hydrogens is 166 g/mol. The molecule has 0 aliphatic carbocycles. The lowest BCUT2D eigenvalue weighted by atomic mass is 10.3. The van der Waals surface area contributed by atoms with Gasteiger partial charge in [-0.05, 0) is 19.4 Å². The molecule has 70 valence electrons. The first kappa shape index (κ1) is 9.71. The fourth-order valence-electron chi connectivity index (χ4n) is 0.821. The number of hydrogen-bond acceptors (Lipinski definition) is 3. The molecule has 13 heavy (non-hydrogen) atoms. The van der Waals surface area contributed by atoms with Crippen LogP contribution in [0.25, 0.3) is 0 Å². The van der Waals surface area contributed by atoms with E-state index < -0.39 is 0 Å². The third kappa shape index (κ3) is 2.86. The highest BCUT2D eigenvalue weighted by molar-refractivity contribution is 5.73. The van der Waals surface area contributed by atoms with Gasteiger partial charge in [0, 0.05) is 17.8 Å². The summed E-state index contributed by atoms with van der Waals surface area (Å²) in [6.07, 6.45) is 3.37. The summed E-state index contributed by atoms with van der Waals surface area (Å²) in [7, 11) is 0. The molecule has 3 heteroatoms. The zero-order valence-electron chi connectivity index (χ0n) is 7.86. The molecule has 0 aromatic carbocycles. The number of aromatic nitrogens is 1. The fraction of sp³-hybridized carbons (Fsp3) is 0.400. The van der Waals surface area contributed by atoms with E-state index in [4.69, 9.17) is 4.74 Å². The van der Waals surface area contributed by atoms with Crippen molar-refractivity contribution < 1.29 is 9.53 Å². The molecule has 1 heterocycles. The van der Waals surface area contributed by atoms with Crippen LogP contribution in [-0.4, -0.2) is 17.4 Å². The van der Waals surface area contributed by atoms with Gasteiger partial charge in [-0.2, -0.15) is 0 Å². The summed E-state index contributed by atoms with van der Waals surface area (Å²) in [5.74, 6) is 0.569. The lowest BCUT2D eigenvalue weighted by molar-refractivity contribution is 0.112. The summed E-state index contributed by atoms with van der Waals surface area (Å²) in [5.41, 5.74) is 0.566. The van der Waals surface area contributed by atoms with Gasteiger partial charge in [0.1, 0.15) is 0 Å². The van der Waals surface area contributed by atoms with E-state index in [9.17, 15) is 4.79 Å². The maximum absolute atomic E-state index is 10.3. The topological polar surface area (TPSA) is 39.2 Å². The zero-order valence-corrected chi connectivity index (χ0v) is 7.86. The van der Waals surface area contributed by atoms with Crippen molar-refractivity contribution in [3.05, 3.63) is 23.9 Å². The van der Waals surface area contributed by atoms with Crippen LogP contribution in [0.3, 0.4) is 0 Å². The lowest BCUT2D eigenvalue weighted by Crippen LogP contribution is -2.10. The Hall–Kier alpha value is -1.38. The smallest absolute Gasteiger partial charge is 0.213 e. The van der Waals surface area contributed by atoms with E-state index in [1.807, 2.05) is 13.8 Å². The van der Waals surface area contributed by atoms with Crippen LogP contribution < -0.4 is 4.74 Å². The van der Waals surface area contributed by atoms with Crippen LogP contribution in [-0.2, 0) is 0 Å². The van der Waals surface area contributed by atoms with Gasteiger partial charge in [-0.15, -0.1) is 0 Å². The second kappa shape index (κ2) is 4.60. The van der Waals surface area contributed by atoms with E-state index >= 15 is 0 Å². The van der Waals surface area contributed by atoms with Crippen LogP contribution in [0.15, 0.2) is 18.3 Å². The normalized spacial score (nSPS) is 12.2. The van der Waals surface area contributed by atoms with Gasteiger partial charge in [-0.25, -0.2) is 4.98 Å². The van der Waals surface area contributed by atoms with E-state index in [1.54, 1.807) is 12.1 Å². The molecule has 0 amide bonds. The summed E-state index contributed by atoms with van der Waals surface area (Å²) >= 11 is 0. The van der Waals surface area contributed by atoms with E-state index in [1.165, 1.54) is 6.20 Å². The molecule has 0 saturated carbocycles. The van der Waals surface area contributed by atoms with Crippen molar-refractivity contribution in [2.24, 2.45) is 0 Å². The van der Waals surface area contributed by atoms with Gasteiger partial charge in [0.2, 0.25) is 5.88 Å². The highest BCUT2D eigenvalue weighted by Gasteiger charge is 2.01. The molecule has 1 aromatic rings.